The number of ether oxygens (including phenoxy) is 1. The van der Waals surface area contributed by atoms with Crippen LogP contribution in [-0.4, -0.2) is 55.8 Å². The highest BCUT2D eigenvalue weighted by molar-refractivity contribution is 7.07. The number of hydrogen-bond acceptors (Lipinski definition) is 8. The van der Waals surface area contributed by atoms with Gasteiger partial charge in [0.25, 0.3) is 11.1 Å². The summed E-state index contributed by atoms with van der Waals surface area (Å²) in [6, 6.07) is 4.24. The number of carbonyl (C=O) groups excluding carboxylic acids is 1. The van der Waals surface area contributed by atoms with Gasteiger partial charge in [-0.05, 0) is 77.4 Å². The van der Waals surface area contributed by atoms with Crippen molar-refractivity contribution in [3.8, 4) is 22.5 Å². The van der Waals surface area contributed by atoms with Crippen LogP contribution in [-0.2, 0) is 6.42 Å². The van der Waals surface area contributed by atoms with Gasteiger partial charge in [0.2, 0.25) is 0 Å². The number of hydrogen-bond donors (Lipinski definition) is 1. The second-order valence-electron chi connectivity index (χ2n) is 9.17. The monoisotopic (exact) mass is 468 g/mol. The first-order valence-corrected chi connectivity index (χ1v) is 11.8. The number of aryl methyl sites for hydroxylation is 2. The first kappa shape index (κ1) is 24.7. The van der Waals surface area contributed by atoms with Crippen LogP contribution in [0.25, 0.3) is 11.5 Å². The van der Waals surface area contributed by atoms with Gasteiger partial charge in [0, 0.05) is 23.6 Å². The first-order chi connectivity index (χ1) is 15.6. The van der Waals surface area contributed by atoms with E-state index in [1.54, 1.807) is 0 Å². The van der Waals surface area contributed by atoms with E-state index in [4.69, 9.17) is 4.74 Å². The Balaban J connectivity index is 1.69. The van der Waals surface area contributed by atoms with E-state index in [0.717, 1.165) is 42.4 Å². The van der Waals surface area contributed by atoms with Crippen LogP contribution in [0.5, 0.6) is 10.9 Å². The molecule has 0 aliphatic carbocycles. The predicted molar refractivity (Wildman–Crippen MR) is 131 cm³/mol. The highest BCUT2D eigenvalue weighted by Crippen LogP contribution is 2.30. The van der Waals surface area contributed by atoms with Crippen molar-refractivity contribution in [3.63, 3.8) is 0 Å². The Morgan fingerprint density at radius 1 is 1.15 bits per heavy atom. The lowest BCUT2D eigenvalue weighted by molar-refractivity contribution is 0.0914. The van der Waals surface area contributed by atoms with Gasteiger partial charge in [-0.2, -0.15) is 9.36 Å². The Morgan fingerprint density at radius 3 is 2.55 bits per heavy atom. The maximum Gasteiger partial charge on any atom is 0.299 e. The first-order valence-electron chi connectivity index (χ1n) is 11.0. The SMILES string of the molecule is CCN(C)CCc1cc(C)c(Oc2nc(-c3cnc(C(=O)NC(C)(C)C)cn3)ns2)cc1C. The average Bonchev–Trinajstić information content (AvgIpc) is 3.22. The molecule has 3 aromatic rings. The molecule has 0 fully saturated rings. The van der Waals surface area contributed by atoms with Gasteiger partial charge in [-0.1, -0.05) is 13.0 Å². The zero-order chi connectivity index (χ0) is 24.2. The standard InChI is InChI=1S/C24H32N6O2S/c1-8-30(7)10-9-17-11-16(3)20(12-15(17)2)32-23-27-21(29-33-23)18-13-26-19(14-25-18)22(31)28-24(4,5)6/h11-14H,8-10H2,1-7H3,(H,28,31). The Morgan fingerprint density at radius 2 is 1.91 bits per heavy atom. The summed E-state index contributed by atoms with van der Waals surface area (Å²) >= 11 is 1.16. The number of rotatable bonds is 8. The number of nitrogens with zero attached hydrogens (tertiary/aromatic N) is 5. The molecule has 2 heterocycles. The van der Waals surface area contributed by atoms with Crippen molar-refractivity contribution < 1.29 is 9.53 Å². The van der Waals surface area contributed by atoms with Crippen LogP contribution in [0.2, 0.25) is 0 Å². The Hall–Kier alpha value is -2.91. The zero-order valence-electron chi connectivity index (χ0n) is 20.4. The molecule has 0 bridgehead atoms. The van der Waals surface area contributed by atoms with Gasteiger partial charge in [0.15, 0.2) is 5.82 Å². The fourth-order valence-electron chi connectivity index (χ4n) is 3.11. The summed E-state index contributed by atoms with van der Waals surface area (Å²) < 4.78 is 10.4. The highest BCUT2D eigenvalue weighted by Gasteiger charge is 2.18. The smallest absolute Gasteiger partial charge is 0.299 e. The van der Waals surface area contributed by atoms with Gasteiger partial charge >= 0.3 is 0 Å². The van der Waals surface area contributed by atoms with E-state index in [0.29, 0.717) is 16.7 Å². The molecular formula is C24H32N6O2S. The number of benzene rings is 1. The van der Waals surface area contributed by atoms with Gasteiger partial charge < -0.3 is 15.0 Å². The fraction of sp³-hybridized carbons (Fsp3) is 0.458. The van der Waals surface area contributed by atoms with Crippen LogP contribution in [0.3, 0.4) is 0 Å². The van der Waals surface area contributed by atoms with Crippen molar-refractivity contribution in [3.05, 3.63) is 46.9 Å². The van der Waals surface area contributed by atoms with Crippen LogP contribution in [0.4, 0.5) is 0 Å². The molecule has 3 rings (SSSR count). The summed E-state index contributed by atoms with van der Waals surface area (Å²) in [4.78, 5) is 27.5. The quantitative estimate of drug-likeness (QED) is 0.523. The third-order valence-corrected chi connectivity index (χ3v) is 5.74. The van der Waals surface area contributed by atoms with Crippen LogP contribution < -0.4 is 10.1 Å². The summed E-state index contributed by atoms with van der Waals surface area (Å²) in [5.41, 5.74) is 3.96. The largest absolute Gasteiger partial charge is 0.430 e. The minimum atomic E-state index is -0.347. The fourth-order valence-corrected chi connectivity index (χ4v) is 3.67. The van der Waals surface area contributed by atoms with E-state index in [2.05, 4.69) is 62.6 Å². The molecule has 9 heteroatoms. The maximum atomic E-state index is 12.2. The minimum absolute atomic E-state index is 0.247. The van der Waals surface area contributed by atoms with E-state index in [9.17, 15) is 4.79 Å². The molecule has 0 saturated carbocycles. The molecule has 0 unspecified atom stereocenters. The van der Waals surface area contributed by atoms with E-state index in [-0.39, 0.29) is 17.1 Å². The third-order valence-electron chi connectivity index (χ3n) is 5.14. The molecule has 0 aliphatic rings. The van der Waals surface area contributed by atoms with Crippen molar-refractivity contribution in [2.75, 3.05) is 20.1 Å². The lowest BCUT2D eigenvalue weighted by Gasteiger charge is -2.19. The Kier molecular flexibility index (Phi) is 7.76. The van der Waals surface area contributed by atoms with E-state index in [1.807, 2.05) is 27.7 Å². The van der Waals surface area contributed by atoms with Gasteiger partial charge in [0.1, 0.15) is 17.1 Å². The Labute approximate surface area is 199 Å². The van der Waals surface area contributed by atoms with Gasteiger partial charge in [-0.3, -0.25) is 4.79 Å². The molecule has 176 valence electrons. The van der Waals surface area contributed by atoms with Crippen molar-refractivity contribution >= 4 is 17.4 Å². The average molecular weight is 469 g/mol. The van der Waals surface area contributed by atoms with Crippen molar-refractivity contribution in [1.82, 2.24) is 29.5 Å². The molecular weight excluding hydrogens is 436 g/mol. The molecule has 1 aromatic carbocycles. The molecule has 0 atom stereocenters. The van der Waals surface area contributed by atoms with Crippen LogP contribution in [0, 0.1) is 13.8 Å². The molecule has 1 N–H and O–H groups in total. The third kappa shape index (κ3) is 6.79. The lowest BCUT2D eigenvalue weighted by atomic mass is 10.0. The summed E-state index contributed by atoms with van der Waals surface area (Å²) in [5.74, 6) is 0.911. The second kappa shape index (κ2) is 10.4. The highest BCUT2D eigenvalue weighted by atomic mass is 32.1. The molecule has 0 spiro atoms. The van der Waals surface area contributed by atoms with Crippen molar-refractivity contribution in [2.24, 2.45) is 0 Å². The molecule has 0 aliphatic heterocycles. The maximum absolute atomic E-state index is 12.2. The van der Waals surface area contributed by atoms with Crippen LogP contribution in [0.1, 0.15) is 54.9 Å². The molecule has 2 aromatic heterocycles. The van der Waals surface area contributed by atoms with Crippen LogP contribution in [0.15, 0.2) is 24.5 Å². The zero-order valence-corrected chi connectivity index (χ0v) is 21.2. The number of carbonyl (C=O) groups is 1. The van der Waals surface area contributed by atoms with E-state index in [1.165, 1.54) is 23.5 Å². The van der Waals surface area contributed by atoms with Crippen molar-refractivity contribution in [2.45, 2.75) is 53.5 Å². The minimum Gasteiger partial charge on any atom is -0.430 e. The second-order valence-corrected chi connectivity index (χ2v) is 9.88. The lowest BCUT2D eigenvalue weighted by Crippen LogP contribution is -2.40. The van der Waals surface area contributed by atoms with Gasteiger partial charge in [0.05, 0.1) is 12.4 Å². The summed E-state index contributed by atoms with van der Waals surface area (Å²) in [7, 11) is 2.13. The van der Waals surface area contributed by atoms with Crippen molar-refractivity contribution in [1.29, 1.82) is 0 Å². The van der Waals surface area contributed by atoms with E-state index >= 15 is 0 Å². The van der Waals surface area contributed by atoms with Gasteiger partial charge in [-0.25, -0.2) is 9.97 Å². The number of likely N-dealkylation sites (N-methyl/N-ethyl adjacent to an activating group) is 1. The number of nitrogens with one attached hydrogen (secondary N) is 1. The Bertz CT molecular complexity index is 1110. The molecule has 1 amide bonds. The summed E-state index contributed by atoms with van der Waals surface area (Å²) in [6.45, 7) is 14.1. The predicted octanol–water partition coefficient (Wildman–Crippen LogP) is 4.43. The topological polar surface area (TPSA) is 93.1 Å². The molecule has 0 saturated heterocycles. The molecule has 0 radical (unpaired) electrons. The normalized spacial score (nSPS) is 11.6. The molecule has 33 heavy (non-hydrogen) atoms. The van der Waals surface area contributed by atoms with Crippen LogP contribution >= 0.6 is 11.5 Å². The summed E-state index contributed by atoms with van der Waals surface area (Å²) in [5, 5.41) is 3.30. The number of aromatic nitrogens is 4. The van der Waals surface area contributed by atoms with Gasteiger partial charge in [-0.15, -0.1) is 0 Å². The van der Waals surface area contributed by atoms with E-state index < -0.39 is 0 Å². The number of amides is 1. The summed E-state index contributed by atoms with van der Waals surface area (Å²) in [6.07, 6.45) is 3.93. The molecule has 8 nitrogen and oxygen atoms in total.